The molecule has 3 atom stereocenters. The van der Waals surface area contributed by atoms with E-state index in [1.165, 1.54) is 32.4 Å². The molecule has 1 aromatic carbocycles. The molecule has 0 bridgehead atoms. The summed E-state index contributed by atoms with van der Waals surface area (Å²) in [5.41, 5.74) is 0.947. The van der Waals surface area contributed by atoms with Crippen LogP contribution in [0.1, 0.15) is 37.8 Å². The maximum atomic E-state index is 10.1. The lowest BCUT2D eigenvalue weighted by molar-refractivity contribution is 0.290. The number of nitrogens with zero attached hydrogens (tertiary/aromatic N) is 1. The van der Waals surface area contributed by atoms with Crippen LogP contribution in [-0.4, -0.2) is 42.3 Å². The van der Waals surface area contributed by atoms with Gasteiger partial charge in [0.2, 0.25) is 0 Å². The minimum absolute atomic E-state index is 0.159. The zero-order valence-electron chi connectivity index (χ0n) is 12.3. The van der Waals surface area contributed by atoms with E-state index in [0.717, 1.165) is 5.56 Å². The predicted octanol–water partition coefficient (Wildman–Crippen LogP) is 2.29. The second-order valence-electron chi connectivity index (χ2n) is 5.95. The van der Waals surface area contributed by atoms with Gasteiger partial charge in [0.15, 0.2) is 0 Å². The number of hydrogen-bond acceptors (Lipinski definition) is 4. The number of hydrogen-bond donors (Lipinski definition) is 2. The zero-order chi connectivity index (χ0) is 14.1. The highest BCUT2D eigenvalue weighted by molar-refractivity contribution is 5.41. The topological polar surface area (TPSA) is 44.7 Å². The Balaban J connectivity index is 1.68. The standard InChI is InChI=1S/C16H24N2O2/c1-11(13-6-5-12(20-2)10-16(13)19)17-14-7-9-18-8-3-4-15(14)18/h5-6,10-11,14-15,17,19H,3-4,7-9H2,1-2H3. The summed E-state index contributed by atoms with van der Waals surface area (Å²) in [5, 5.41) is 13.8. The van der Waals surface area contributed by atoms with Crippen LogP contribution in [0.15, 0.2) is 18.2 Å². The summed E-state index contributed by atoms with van der Waals surface area (Å²) in [6, 6.07) is 6.94. The fourth-order valence-electron chi connectivity index (χ4n) is 3.70. The largest absolute Gasteiger partial charge is 0.507 e. The van der Waals surface area contributed by atoms with E-state index in [9.17, 15) is 5.11 Å². The molecule has 0 radical (unpaired) electrons. The van der Waals surface area contributed by atoms with E-state index in [1.807, 2.05) is 12.1 Å². The Morgan fingerprint density at radius 2 is 2.20 bits per heavy atom. The molecule has 2 N–H and O–H groups in total. The number of rotatable bonds is 4. The molecule has 0 saturated carbocycles. The van der Waals surface area contributed by atoms with E-state index in [4.69, 9.17) is 4.74 Å². The number of nitrogens with one attached hydrogen (secondary N) is 1. The minimum atomic E-state index is 0.159. The molecule has 2 heterocycles. The van der Waals surface area contributed by atoms with Gasteiger partial charge >= 0.3 is 0 Å². The number of ether oxygens (including phenoxy) is 1. The number of phenols is 1. The van der Waals surface area contributed by atoms with E-state index in [0.29, 0.717) is 23.6 Å². The third-order valence-electron chi connectivity index (χ3n) is 4.77. The van der Waals surface area contributed by atoms with Gasteiger partial charge in [0.05, 0.1) is 7.11 Å². The summed E-state index contributed by atoms with van der Waals surface area (Å²) in [7, 11) is 1.61. The van der Waals surface area contributed by atoms with E-state index in [2.05, 4.69) is 17.1 Å². The van der Waals surface area contributed by atoms with Crippen molar-refractivity contribution in [2.75, 3.05) is 20.2 Å². The van der Waals surface area contributed by atoms with E-state index in [1.54, 1.807) is 13.2 Å². The molecule has 0 aromatic heterocycles. The molecule has 0 aliphatic carbocycles. The van der Waals surface area contributed by atoms with Crippen molar-refractivity contribution in [3.63, 3.8) is 0 Å². The smallest absolute Gasteiger partial charge is 0.124 e. The molecule has 2 aliphatic rings. The van der Waals surface area contributed by atoms with Crippen LogP contribution in [0.3, 0.4) is 0 Å². The van der Waals surface area contributed by atoms with Crippen molar-refractivity contribution in [1.82, 2.24) is 10.2 Å². The lowest BCUT2D eigenvalue weighted by Crippen LogP contribution is -2.40. The summed E-state index contributed by atoms with van der Waals surface area (Å²) in [6.07, 6.45) is 3.84. The molecule has 2 fully saturated rings. The van der Waals surface area contributed by atoms with Crippen LogP contribution in [-0.2, 0) is 0 Å². The van der Waals surface area contributed by atoms with Crippen LogP contribution < -0.4 is 10.1 Å². The first kappa shape index (κ1) is 13.7. The molecular weight excluding hydrogens is 252 g/mol. The average Bonchev–Trinajstić information content (AvgIpc) is 3.03. The molecule has 4 heteroatoms. The first-order valence-corrected chi connectivity index (χ1v) is 7.56. The van der Waals surface area contributed by atoms with Gasteiger partial charge in [-0.15, -0.1) is 0 Å². The quantitative estimate of drug-likeness (QED) is 0.885. The highest BCUT2D eigenvalue weighted by atomic mass is 16.5. The Kier molecular flexibility index (Phi) is 3.85. The maximum Gasteiger partial charge on any atom is 0.124 e. The Morgan fingerprint density at radius 1 is 1.35 bits per heavy atom. The molecule has 110 valence electrons. The molecule has 4 nitrogen and oxygen atoms in total. The maximum absolute atomic E-state index is 10.1. The van der Waals surface area contributed by atoms with Gasteiger partial charge in [0.25, 0.3) is 0 Å². The van der Waals surface area contributed by atoms with Gasteiger partial charge in [-0.1, -0.05) is 6.07 Å². The van der Waals surface area contributed by atoms with E-state index >= 15 is 0 Å². The Bertz CT molecular complexity index is 478. The van der Waals surface area contributed by atoms with Crippen molar-refractivity contribution in [2.45, 2.75) is 44.3 Å². The molecule has 2 saturated heterocycles. The van der Waals surface area contributed by atoms with Crippen LogP contribution in [0.2, 0.25) is 0 Å². The highest BCUT2D eigenvalue weighted by Gasteiger charge is 2.37. The Morgan fingerprint density at radius 3 is 2.95 bits per heavy atom. The van der Waals surface area contributed by atoms with E-state index < -0.39 is 0 Å². The van der Waals surface area contributed by atoms with Crippen LogP contribution in [0.5, 0.6) is 11.5 Å². The lowest BCUT2D eigenvalue weighted by atomic mass is 10.0. The van der Waals surface area contributed by atoms with Gasteiger partial charge in [-0.3, -0.25) is 4.90 Å². The first-order chi connectivity index (χ1) is 9.69. The monoisotopic (exact) mass is 276 g/mol. The SMILES string of the molecule is COc1ccc(C(C)NC2CCN3CCCC23)c(O)c1. The van der Waals surface area contributed by atoms with Gasteiger partial charge in [0, 0.05) is 36.3 Å². The summed E-state index contributed by atoms with van der Waals surface area (Å²) < 4.78 is 5.13. The minimum Gasteiger partial charge on any atom is -0.507 e. The van der Waals surface area contributed by atoms with Crippen LogP contribution in [0.4, 0.5) is 0 Å². The van der Waals surface area contributed by atoms with Gasteiger partial charge < -0.3 is 15.2 Å². The van der Waals surface area contributed by atoms with Crippen LogP contribution >= 0.6 is 0 Å². The molecule has 1 aromatic rings. The fraction of sp³-hybridized carbons (Fsp3) is 0.625. The Hall–Kier alpha value is -1.26. The van der Waals surface area contributed by atoms with Crippen LogP contribution in [0.25, 0.3) is 0 Å². The summed E-state index contributed by atoms with van der Waals surface area (Å²) >= 11 is 0. The Labute approximate surface area is 120 Å². The van der Waals surface area contributed by atoms with Gasteiger partial charge in [-0.2, -0.15) is 0 Å². The number of aromatic hydroxyl groups is 1. The fourth-order valence-corrected chi connectivity index (χ4v) is 3.70. The van der Waals surface area contributed by atoms with Crippen molar-refractivity contribution in [3.8, 4) is 11.5 Å². The second-order valence-corrected chi connectivity index (χ2v) is 5.95. The first-order valence-electron chi connectivity index (χ1n) is 7.56. The molecule has 2 aliphatic heterocycles. The molecule has 3 unspecified atom stereocenters. The number of fused-ring (bicyclic) bond motifs is 1. The van der Waals surface area contributed by atoms with Crippen molar-refractivity contribution < 1.29 is 9.84 Å². The van der Waals surface area contributed by atoms with Crippen molar-refractivity contribution in [3.05, 3.63) is 23.8 Å². The number of benzene rings is 1. The predicted molar refractivity (Wildman–Crippen MR) is 79.2 cm³/mol. The molecule has 0 spiro atoms. The van der Waals surface area contributed by atoms with Gasteiger partial charge in [-0.05, 0) is 38.8 Å². The second kappa shape index (κ2) is 5.62. The third kappa shape index (κ3) is 2.50. The van der Waals surface area contributed by atoms with Gasteiger partial charge in [0.1, 0.15) is 11.5 Å². The zero-order valence-corrected chi connectivity index (χ0v) is 12.3. The lowest BCUT2D eigenvalue weighted by Gasteiger charge is -2.25. The van der Waals surface area contributed by atoms with Crippen molar-refractivity contribution in [1.29, 1.82) is 0 Å². The molecule has 20 heavy (non-hydrogen) atoms. The van der Waals surface area contributed by atoms with E-state index in [-0.39, 0.29) is 6.04 Å². The molecule has 0 amide bonds. The summed E-state index contributed by atoms with van der Waals surface area (Å²) in [5.74, 6) is 1.01. The summed E-state index contributed by atoms with van der Waals surface area (Å²) in [6.45, 7) is 4.59. The van der Waals surface area contributed by atoms with Crippen molar-refractivity contribution >= 4 is 0 Å². The number of phenolic OH excluding ortho intramolecular Hbond substituents is 1. The summed E-state index contributed by atoms with van der Waals surface area (Å²) in [4.78, 5) is 2.60. The molecule has 3 rings (SSSR count). The molecular formula is C16H24N2O2. The van der Waals surface area contributed by atoms with Gasteiger partial charge in [-0.25, -0.2) is 0 Å². The van der Waals surface area contributed by atoms with Crippen molar-refractivity contribution in [2.24, 2.45) is 0 Å². The third-order valence-corrected chi connectivity index (χ3v) is 4.77. The average molecular weight is 276 g/mol. The number of methoxy groups -OCH3 is 1. The highest BCUT2D eigenvalue weighted by Crippen LogP contribution is 2.32. The van der Waals surface area contributed by atoms with Crippen LogP contribution in [0, 0.1) is 0 Å². The normalized spacial score (nSPS) is 27.5.